The van der Waals surface area contributed by atoms with Crippen molar-refractivity contribution < 1.29 is 14.4 Å². The highest BCUT2D eigenvalue weighted by Gasteiger charge is 2.16. The van der Waals surface area contributed by atoms with Crippen molar-refractivity contribution in [2.24, 2.45) is 0 Å². The lowest BCUT2D eigenvalue weighted by Gasteiger charge is -2.13. The molecule has 0 saturated heterocycles. The van der Waals surface area contributed by atoms with Crippen LogP contribution in [-0.2, 0) is 14.4 Å². The van der Waals surface area contributed by atoms with Gasteiger partial charge in [-0.1, -0.05) is 0 Å². The van der Waals surface area contributed by atoms with Crippen LogP contribution in [-0.4, -0.2) is 51.5 Å². The van der Waals surface area contributed by atoms with Gasteiger partial charge in [0.05, 0.1) is 12.6 Å². The predicted octanol–water partition coefficient (Wildman–Crippen LogP) is -2.04. The van der Waals surface area contributed by atoms with Crippen LogP contribution >= 0.6 is 0 Å². The number of hydrogen-bond donors (Lipinski definition) is 4. The average Bonchev–Trinajstić information content (AvgIpc) is 2.35. The number of hydrogen-bond acceptors (Lipinski definition) is 4. The van der Waals surface area contributed by atoms with Gasteiger partial charge in [0.25, 0.3) is 0 Å². The van der Waals surface area contributed by atoms with Gasteiger partial charge in [0.2, 0.25) is 17.7 Å². The Labute approximate surface area is 101 Å². The molecule has 0 aromatic rings. The molecule has 1 atom stereocenters. The molecule has 0 heterocycles. The van der Waals surface area contributed by atoms with Crippen molar-refractivity contribution in [2.75, 3.05) is 27.7 Å². The van der Waals surface area contributed by atoms with E-state index in [1.165, 1.54) is 7.05 Å². The molecule has 0 aliphatic rings. The lowest BCUT2D eigenvalue weighted by molar-refractivity contribution is -0.126. The van der Waals surface area contributed by atoms with Gasteiger partial charge in [-0.3, -0.25) is 14.4 Å². The summed E-state index contributed by atoms with van der Waals surface area (Å²) in [6, 6.07) is -0.397. The first-order chi connectivity index (χ1) is 8.04. The van der Waals surface area contributed by atoms with E-state index in [1.807, 2.05) is 0 Å². The maximum Gasteiger partial charge on any atom is 0.239 e. The molecule has 0 spiro atoms. The lowest BCUT2D eigenvalue weighted by Crippen LogP contribution is -2.42. The fourth-order valence-corrected chi connectivity index (χ4v) is 1.21. The Balaban J connectivity index is 3.89. The fourth-order valence-electron chi connectivity index (χ4n) is 1.21. The number of amides is 3. The largest absolute Gasteiger partial charge is 0.358 e. The number of carbonyl (C=O) groups excluding carboxylic acids is 3. The number of carbonyl (C=O) groups is 3. The molecular formula is C10H20N4O3. The van der Waals surface area contributed by atoms with Crippen LogP contribution < -0.4 is 21.3 Å². The Hall–Kier alpha value is -1.63. The van der Waals surface area contributed by atoms with E-state index in [2.05, 4.69) is 21.3 Å². The zero-order valence-electron chi connectivity index (χ0n) is 10.4. The second-order valence-electron chi connectivity index (χ2n) is 3.44. The van der Waals surface area contributed by atoms with E-state index in [4.69, 9.17) is 0 Å². The summed E-state index contributed by atoms with van der Waals surface area (Å²) in [6.07, 6.45) is 0.575. The topological polar surface area (TPSA) is 99.3 Å². The van der Waals surface area contributed by atoms with Gasteiger partial charge in [-0.2, -0.15) is 0 Å². The minimum absolute atomic E-state index is 0.0421. The highest BCUT2D eigenvalue weighted by Crippen LogP contribution is 1.96. The van der Waals surface area contributed by atoms with Crippen molar-refractivity contribution in [3.8, 4) is 0 Å². The van der Waals surface area contributed by atoms with E-state index in [1.54, 1.807) is 14.1 Å². The molecule has 0 rings (SSSR count). The maximum absolute atomic E-state index is 11.3. The predicted molar refractivity (Wildman–Crippen MR) is 63.2 cm³/mol. The van der Waals surface area contributed by atoms with E-state index in [0.717, 1.165) is 0 Å². The Kier molecular flexibility index (Phi) is 7.70. The summed E-state index contributed by atoms with van der Waals surface area (Å²) < 4.78 is 0. The molecule has 0 saturated carbocycles. The van der Waals surface area contributed by atoms with Crippen LogP contribution in [0, 0.1) is 0 Å². The van der Waals surface area contributed by atoms with Gasteiger partial charge in [-0.15, -0.1) is 0 Å². The second-order valence-corrected chi connectivity index (χ2v) is 3.44. The first kappa shape index (κ1) is 15.4. The summed E-state index contributed by atoms with van der Waals surface area (Å²) >= 11 is 0. The Bertz CT molecular complexity index is 281. The molecule has 0 radical (unpaired) electrons. The third-order valence-electron chi connectivity index (χ3n) is 2.30. The van der Waals surface area contributed by atoms with Crippen LogP contribution in [0.2, 0.25) is 0 Å². The van der Waals surface area contributed by atoms with Crippen LogP contribution in [0.4, 0.5) is 0 Å². The summed E-state index contributed by atoms with van der Waals surface area (Å²) in [5, 5.41) is 10.2. The number of likely N-dealkylation sites (N-methyl/N-ethyl adjacent to an activating group) is 3. The molecule has 0 fully saturated rings. The van der Waals surface area contributed by atoms with Crippen LogP contribution in [0.25, 0.3) is 0 Å². The van der Waals surface area contributed by atoms with Crippen LogP contribution in [0.1, 0.15) is 12.8 Å². The zero-order chi connectivity index (χ0) is 13.3. The van der Waals surface area contributed by atoms with Gasteiger partial charge in [0, 0.05) is 20.5 Å². The van der Waals surface area contributed by atoms with E-state index < -0.39 is 6.04 Å². The van der Waals surface area contributed by atoms with Crippen molar-refractivity contribution in [3.05, 3.63) is 0 Å². The Morgan fingerprint density at radius 1 is 1.00 bits per heavy atom. The van der Waals surface area contributed by atoms with Crippen LogP contribution in [0.15, 0.2) is 0 Å². The molecule has 0 aromatic carbocycles. The average molecular weight is 244 g/mol. The SMILES string of the molecule is CNC(=O)CNC(=O)CCC(NC)C(=O)NC. The van der Waals surface area contributed by atoms with E-state index in [-0.39, 0.29) is 30.7 Å². The summed E-state index contributed by atoms with van der Waals surface area (Å²) in [5.74, 6) is -0.667. The summed E-state index contributed by atoms with van der Waals surface area (Å²) in [6.45, 7) is -0.0421. The molecular weight excluding hydrogens is 224 g/mol. The van der Waals surface area contributed by atoms with Crippen molar-refractivity contribution in [3.63, 3.8) is 0 Å². The smallest absolute Gasteiger partial charge is 0.239 e. The monoisotopic (exact) mass is 244 g/mol. The first-order valence-electron chi connectivity index (χ1n) is 5.41. The fraction of sp³-hybridized carbons (Fsp3) is 0.700. The quantitative estimate of drug-likeness (QED) is 0.415. The number of rotatable bonds is 7. The molecule has 0 aromatic heterocycles. The third-order valence-corrected chi connectivity index (χ3v) is 2.30. The molecule has 98 valence electrons. The molecule has 1 unspecified atom stereocenters. The van der Waals surface area contributed by atoms with Crippen molar-refractivity contribution in [1.29, 1.82) is 0 Å². The normalized spacial score (nSPS) is 11.5. The number of nitrogens with one attached hydrogen (secondary N) is 4. The molecule has 0 aliphatic heterocycles. The van der Waals surface area contributed by atoms with Crippen molar-refractivity contribution in [1.82, 2.24) is 21.3 Å². The highest BCUT2D eigenvalue weighted by atomic mass is 16.2. The van der Waals surface area contributed by atoms with E-state index in [9.17, 15) is 14.4 Å². The highest BCUT2D eigenvalue weighted by molar-refractivity contribution is 5.85. The first-order valence-corrected chi connectivity index (χ1v) is 5.41. The minimum Gasteiger partial charge on any atom is -0.358 e. The molecule has 4 N–H and O–H groups in total. The molecule has 0 aliphatic carbocycles. The van der Waals surface area contributed by atoms with Gasteiger partial charge in [0.15, 0.2) is 0 Å². The van der Waals surface area contributed by atoms with Gasteiger partial charge in [0.1, 0.15) is 0 Å². The standard InChI is InChI=1S/C10H20N4O3/c1-11-7(10(17)13-3)4-5-8(15)14-6-9(16)12-2/h7,11H,4-6H2,1-3H3,(H,12,16)(H,13,17)(H,14,15). The van der Waals surface area contributed by atoms with Gasteiger partial charge >= 0.3 is 0 Å². The minimum atomic E-state index is -0.397. The van der Waals surface area contributed by atoms with Crippen LogP contribution in [0.3, 0.4) is 0 Å². The molecule has 0 bridgehead atoms. The zero-order valence-corrected chi connectivity index (χ0v) is 10.4. The molecule has 3 amide bonds. The molecule has 7 heteroatoms. The van der Waals surface area contributed by atoms with Gasteiger partial charge in [-0.05, 0) is 13.5 Å². The van der Waals surface area contributed by atoms with Gasteiger partial charge in [-0.25, -0.2) is 0 Å². The summed E-state index contributed by atoms with van der Waals surface area (Å²) in [4.78, 5) is 33.5. The summed E-state index contributed by atoms with van der Waals surface area (Å²) in [5.41, 5.74) is 0. The lowest BCUT2D eigenvalue weighted by atomic mass is 10.1. The maximum atomic E-state index is 11.3. The Morgan fingerprint density at radius 3 is 2.12 bits per heavy atom. The molecule has 7 nitrogen and oxygen atoms in total. The summed E-state index contributed by atoms with van der Waals surface area (Å²) in [7, 11) is 4.69. The Morgan fingerprint density at radius 2 is 1.65 bits per heavy atom. The third kappa shape index (κ3) is 6.52. The van der Waals surface area contributed by atoms with E-state index in [0.29, 0.717) is 6.42 Å². The van der Waals surface area contributed by atoms with E-state index >= 15 is 0 Å². The van der Waals surface area contributed by atoms with Gasteiger partial charge < -0.3 is 21.3 Å². The van der Waals surface area contributed by atoms with Crippen molar-refractivity contribution in [2.45, 2.75) is 18.9 Å². The van der Waals surface area contributed by atoms with Crippen LogP contribution in [0.5, 0.6) is 0 Å². The second kappa shape index (κ2) is 8.51. The van der Waals surface area contributed by atoms with Crippen molar-refractivity contribution >= 4 is 17.7 Å². The molecule has 17 heavy (non-hydrogen) atoms.